The first-order chi connectivity index (χ1) is 9.69. The lowest BCUT2D eigenvalue weighted by atomic mass is 10.2. The predicted molar refractivity (Wildman–Crippen MR) is 78.5 cm³/mol. The number of hydrogen-bond donors (Lipinski definition) is 1. The van der Waals surface area contributed by atoms with E-state index in [1.165, 1.54) is 0 Å². The SMILES string of the molecule is Cc1nc2c(cc1NS(=O)(=O)CC1(F)CC1)c(C)nn2C. The maximum Gasteiger partial charge on any atom is 0.235 e. The van der Waals surface area contributed by atoms with Gasteiger partial charge < -0.3 is 0 Å². The Balaban J connectivity index is 1.97. The number of aryl methyl sites for hydroxylation is 3. The number of alkyl halides is 1. The van der Waals surface area contributed by atoms with Gasteiger partial charge in [-0.25, -0.2) is 17.8 Å². The zero-order valence-corrected chi connectivity index (χ0v) is 13.0. The van der Waals surface area contributed by atoms with E-state index in [9.17, 15) is 12.8 Å². The molecule has 3 rings (SSSR count). The van der Waals surface area contributed by atoms with Crippen molar-refractivity contribution in [2.24, 2.45) is 7.05 Å². The average Bonchev–Trinajstić information content (AvgIpc) is 2.99. The Hall–Kier alpha value is -1.70. The minimum atomic E-state index is -3.72. The molecule has 0 saturated heterocycles. The highest BCUT2D eigenvalue weighted by molar-refractivity contribution is 7.92. The van der Waals surface area contributed by atoms with Crippen molar-refractivity contribution in [1.82, 2.24) is 14.8 Å². The van der Waals surface area contributed by atoms with Crippen molar-refractivity contribution in [3.8, 4) is 0 Å². The second-order valence-corrected chi connectivity index (χ2v) is 7.44. The van der Waals surface area contributed by atoms with Gasteiger partial charge in [0.05, 0.1) is 17.1 Å². The number of halogens is 1. The summed E-state index contributed by atoms with van der Waals surface area (Å²) in [4.78, 5) is 4.37. The minimum Gasteiger partial charge on any atom is -0.282 e. The summed E-state index contributed by atoms with van der Waals surface area (Å²) < 4.78 is 41.8. The van der Waals surface area contributed by atoms with E-state index in [1.54, 1.807) is 24.7 Å². The second kappa shape index (κ2) is 4.40. The predicted octanol–water partition coefficient (Wildman–Crippen LogP) is 1.83. The lowest BCUT2D eigenvalue weighted by Crippen LogP contribution is -2.25. The molecule has 0 atom stereocenters. The second-order valence-electron chi connectivity index (χ2n) is 5.71. The Labute approximate surface area is 122 Å². The van der Waals surface area contributed by atoms with E-state index >= 15 is 0 Å². The third-order valence-corrected chi connectivity index (χ3v) is 5.12. The first-order valence-electron chi connectivity index (χ1n) is 6.69. The van der Waals surface area contributed by atoms with Gasteiger partial charge in [-0.1, -0.05) is 0 Å². The van der Waals surface area contributed by atoms with Gasteiger partial charge in [-0.2, -0.15) is 5.10 Å². The van der Waals surface area contributed by atoms with Crippen molar-refractivity contribution in [3.63, 3.8) is 0 Å². The van der Waals surface area contributed by atoms with Crippen molar-refractivity contribution < 1.29 is 12.8 Å². The van der Waals surface area contributed by atoms with Gasteiger partial charge >= 0.3 is 0 Å². The third kappa shape index (κ3) is 2.72. The minimum absolute atomic E-state index is 0.311. The summed E-state index contributed by atoms with van der Waals surface area (Å²) in [5.74, 6) is -0.497. The number of nitrogens with zero attached hydrogens (tertiary/aromatic N) is 3. The molecule has 1 saturated carbocycles. The van der Waals surface area contributed by atoms with Crippen LogP contribution in [0.3, 0.4) is 0 Å². The van der Waals surface area contributed by atoms with Crippen molar-refractivity contribution in [1.29, 1.82) is 0 Å². The molecule has 114 valence electrons. The fourth-order valence-electron chi connectivity index (χ4n) is 2.36. The van der Waals surface area contributed by atoms with Crippen LogP contribution in [0.1, 0.15) is 24.2 Å². The molecule has 0 spiro atoms. The topological polar surface area (TPSA) is 76.9 Å². The van der Waals surface area contributed by atoms with Crippen molar-refractivity contribution in [2.45, 2.75) is 32.4 Å². The van der Waals surface area contributed by atoms with Crippen LogP contribution in [-0.2, 0) is 17.1 Å². The summed E-state index contributed by atoms with van der Waals surface area (Å²) in [6.45, 7) is 3.54. The smallest absolute Gasteiger partial charge is 0.235 e. The maximum absolute atomic E-state index is 13.7. The van der Waals surface area contributed by atoms with Gasteiger partial charge in [0, 0.05) is 12.4 Å². The van der Waals surface area contributed by atoms with Crippen LogP contribution < -0.4 is 4.72 Å². The van der Waals surface area contributed by atoms with E-state index in [4.69, 9.17) is 0 Å². The van der Waals surface area contributed by atoms with Crippen LogP contribution >= 0.6 is 0 Å². The molecule has 2 heterocycles. The summed E-state index contributed by atoms with van der Waals surface area (Å²) in [7, 11) is -1.94. The molecule has 21 heavy (non-hydrogen) atoms. The third-order valence-electron chi connectivity index (χ3n) is 3.70. The number of rotatable bonds is 4. The quantitative estimate of drug-likeness (QED) is 0.934. The van der Waals surface area contributed by atoms with Crippen LogP contribution in [0.25, 0.3) is 11.0 Å². The standard InChI is InChI=1S/C13H17FN4O2S/c1-8-10-6-11(9(2)15-12(10)18(3)16-8)17-21(19,20)7-13(14)4-5-13/h6,17H,4-5,7H2,1-3H3. The molecular formula is C13H17FN4O2S. The fraction of sp³-hybridized carbons (Fsp3) is 0.538. The molecule has 1 aliphatic carbocycles. The van der Waals surface area contributed by atoms with Gasteiger partial charge in [0.15, 0.2) is 5.65 Å². The number of pyridine rings is 1. The van der Waals surface area contributed by atoms with Crippen LogP contribution in [0.5, 0.6) is 0 Å². The molecule has 0 bridgehead atoms. The zero-order chi connectivity index (χ0) is 15.4. The molecule has 2 aromatic heterocycles. The normalized spacial score (nSPS) is 17.1. The molecule has 0 amide bonds. The van der Waals surface area contributed by atoms with E-state index in [0.29, 0.717) is 29.9 Å². The molecule has 1 N–H and O–H groups in total. The highest BCUT2D eigenvalue weighted by Gasteiger charge is 2.47. The Kier molecular flexibility index (Phi) is 2.98. The molecule has 0 aliphatic heterocycles. The summed E-state index contributed by atoms with van der Waals surface area (Å²) in [6.07, 6.45) is 0.623. The number of nitrogens with one attached hydrogen (secondary N) is 1. The van der Waals surface area contributed by atoms with Crippen molar-refractivity contribution >= 4 is 26.7 Å². The summed E-state index contributed by atoms with van der Waals surface area (Å²) in [5.41, 5.74) is 0.823. The van der Waals surface area contributed by atoms with Gasteiger partial charge in [0.2, 0.25) is 10.0 Å². The molecule has 0 radical (unpaired) electrons. The van der Waals surface area contributed by atoms with Gasteiger partial charge in [0.1, 0.15) is 11.4 Å². The van der Waals surface area contributed by atoms with Crippen molar-refractivity contribution in [2.75, 3.05) is 10.5 Å². The van der Waals surface area contributed by atoms with Crippen LogP contribution in [0.2, 0.25) is 0 Å². The molecule has 6 nitrogen and oxygen atoms in total. The van der Waals surface area contributed by atoms with Crippen LogP contribution in [0, 0.1) is 13.8 Å². The van der Waals surface area contributed by atoms with E-state index in [2.05, 4.69) is 14.8 Å². The molecule has 8 heteroatoms. The summed E-state index contributed by atoms with van der Waals surface area (Å²) in [6, 6.07) is 1.70. The van der Waals surface area contributed by atoms with Crippen molar-refractivity contribution in [3.05, 3.63) is 17.5 Å². The average molecular weight is 312 g/mol. The highest BCUT2D eigenvalue weighted by atomic mass is 32.2. The van der Waals surface area contributed by atoms with E-state index in [0.717, 1.165) is 11.1 Å². The lowest BCUT2D eigenvalue weighted by Gasteiger charge is -2.12. The summed E-state index contributed by atoms with van der Waals surface area (Å²) in [5, 5.41) is 5.04. The zero-order valence-electron chi connectivity index (χ0n) is 12.1. The first kappa shape index (κ1) is 14.2. The lowest BCUT2D eigenvalue weighted by molar-refractivity contribution is 0.341. The maximum atomic E-state index is 13.7. The molecular weight excluding hydrogens is 295 g/mol. The van der Waals surface area contributed by atoms with Gasteiger partial charge in [-0.15, -0.1) is 0 Å². The molecule has 0 unspecified atom stereocenters. The van der Waals surface area contributed by atoms with E-state index < -0.39 is 21.4 Å². The number of hydrogen-bond acceptors (Lipinski definition) is 4. The van der Waals surface area contributed by atoms with Gasteiger partial charge in [0.25, 0.3) is 0 Å². The van der Waals surface area contributed by atoms with Crippen LogP contribution in [-0.4, -0.2) is 34.6 Å². The number of sulfonamides is 1. The first-order valence-corrected chi connectivity index (χ1v) is 8.35. The Morgan fingerprint density at radius 3 is 2.67 bits per heavy atom. The molecule has 1 aliphatic rings. The highest BCUT2D eigenvalue weighted by Crippen LogP contribution is 2.41. The number of anilines is 1. The van der Waals surface area contributed by atoms with Gasteiger partial charge in [-0.05, 0) is 32.8 Å². The van der Waals surface area contributed by atoms with E-state index in [1.807, 2.05) is 6.92 Å². The Bertz CT molecular complexity index is 824. The van der Waals surface area contributed by atoms with Crippen LogP contribution in [0.4, 0.5) is 10.1 Å². The Morgan fingerprint density at radius 2 is 2.05 bits per heavy atom. The largest absolute Gasteiger partial charge is 0.282 e. The number of fused-ring (bicyclic) bond motifs is 1. The number of aromatic nitrogens is 3. The van der Waals surface area contributed by atoms with Crippen LogP contribution in [0.15, 0.2) is 6.07 Å². The molecule has 2 aromatic rings. The fourth-order valence-corrected chi connectivity index (χ4v) is 3.94. The monoisotopic (exact) mass is 312 g/mol. The van der Waals surface area contributed by atoms with Gasteiger partial charge in [-0.3, -0.25) is 9.40 Å². The summed E-state index contributed by atoms with van der Waals surface area (Å²) >= 11 is 0. The Morgan fingerprint density at radius 1 is 1.38 bits per heavy atom. The molecule has 0 aromatic carbocycles. The van der Waals surface area contributed by atoms with E-state index in [-0.39, 0.29) is 0 Å². The molecule has 1 fully saturated rings.